The van der Waals surface area contributed by atoms with Gasteiger partial charge in [-0.25, -0.2) is 0 Å². The Morgan fingerprint density at radius 2 is 1.63 bits per heavy atom. The van der Waals surface area contributed by atoms with Gasteiger partial charge in [-0.1, -0.05) is 13.8 Å². The highest BCUT2D eigenvalue weighted by Gasteiger charge is 2.65. The van der Waals surface area contributed by atoms with E-state index in [2.05, 4.69) is 23.6 Å². The molecule has 1 N–H and O–H groups in total. The number of aliphatic hydroxyl groups excluding tert-OH is 1. The summed E-state index contributed by atoms with van der Waals surface area (Å²) in [5.74, 6) is 2.63. The zero-order valence-electron chi connectivity index (χ0n) is 22.3. The molecule has 10 atom stereocenters. The molecule has 6 aliphatic rings. The van der Waals surface area contributed by atoms with Crippen molar-refractivity contribution in [2.75, 3.05) is 39.4 Å². The third-order valence-electron chi connectivity index (χ3n) is 12.0. The van der Waals surface area contributed by atoms with E-state index in [0.717, 1.165) is 64.1 Å². The number of carbonyl (C=O) groups is 1. The lowest BCUT2D eigenvalue weighted by atomic mass is 9.44. The molecule has 0 amide bonds. The van der Waals surface area contributed by atoms with Crippen LogP contribution in [0.15, 0.2) is 0 Å². The van der Waals surface area contributed by atoms with Crippen molar-refractivity contribution in [3.05, 3.63) is 0 Å². The van der Waals surface area contributed by atoms with E-state index in [1.165, 1.54) is 44.9 Å². The summed E-state index contributed by atoms with van der Waals surface area (Å²) in [5, 5.41) is 11.2. The van der Waals surface area contributed by atoms with Crippen molar-refractivity contribution in [2.45, 2.75) is 103 Å². The molecule has 0 bridgehead atoms. The van der Waals surface area contributed by atoms with E-state index < -0.39 is 0 Å². The average molecular weight is 489 g/mol. The molecule has 0 aromatic rings. The Morgan fingerprint density at radius 1 is 0.914 bits per heavy atom. The number of morpholine rings is 1. The second-order valence-electron chi connectivity index (χ2n) is 13.5. The standard InChI is InChI=1S/C29H48N2O4/c1-19(32)35-27-24(30-10-4-5-11-30)17-23-21-7-6-20-16-26(33)25(31-12-14-34-15-13-31)18-29(20,3)22(21)8-9-28(23,27)2/h20-27,33H,4-18H2,1-3H3/t20?,21-,22-,23+,24?,25?,26?,27?,28+,29+/m1/s1. The molecular weight excluding hydrogens is 440 g/mol. The summed E-state index contributed by atoms with van der Waals surface area (Å²) < 4.78 is 11.8. The molecule has 6 heteroatoms. The minimum Gasteiger partial charge on any atom is -0.460 e. The topological polar surface area (TPSA) is 62.2 Å². The smallest absolute Gasteiger partial charge is 0.302 e. The predicted octanol–water partition coefficient (Wildman–Crippen LogP) is 3.71. The third kappa shape index (κ3) is 4.00. The first kappa shape index (κ1) is 24.6. The van der Waals surface area contributed by atoms with Crippen molar-refractivity contribution in [3.8, 4) is 0 Å². The van der Waals surface area contributed by atoms with E-state index >= 15 is 0 Å². The highest BCUT2D eigenvalue weighted by Crippen LogP contribution is 2.67. The van der Waals surface area contributed by atoms with Crippen LogP contribution in [0.4, 0.5) is 0 Å². The van der Waals surface area contributed by atoms with E-state index in [1.54, 1.807) is 6.92 Å². The van der Waals surface area contributed by atoms with Crippen LogP contribution < -0.4 is 0 Å². The van der Waals surface area contributed by atoms with Crippen LogP contribution in [0, 0.1) is 34.5 Å². The first-order valence-electron chi connectivity index (χ1n) is 14.7. The molecule has 0 radical (unpaired) electrons. The summed E-state index contributed by atoms with van der Waals surface area (Å²) in [5.41, 5.74) is 0.399. The molecule has 2 aliphatic heterocycles. The lowest BCUT2D eigenvalue weighted by Crippen LogP contribution is -2.61. The minimum absolute atomic E-state index is 0.0452. The lowest BCUT2D eigenvalue weighted by Gasteiger charge is -2.62. The first-order chi connectivity index (χ1) is 16.8. The maximum absolute atomic E-state index is 12.2. The van der Waals surface area contributed by atoms with Crippen LogP contribution in [-0.2, 0) is 14.3 Å². The molecule has 0 spiro atoms. The van der Waals surface area contributed by atoms with Gasteiger partial charge < -0.3 is 14.6 Å². The van der Waals surface area contributed by atoms with E-state index in [1.807, 2.05) is 0 Å². The number of rotatable bonds is 3. The molecule has 6 rings (SSSR count). The molecular formula is C29H48N2O4. The SMILES string of the molecule is CC(=O)OC1C(N2CCCC2)C[C@H]2[C@@H]3CCC4CC(O)C(N5CCOCC5)C[C@]4(C)[C@@H]3CC[C@]12C. The fraction of sp³-hybridized carbons (Fsp3) is 0.966. The Morgan fingerprint density at radius 3 is 2.34 bits per heavy atom. The summed E-state index contributed by atoms with van der Waals surface area (Å²) in [4.78, 5) is 17.4. The van der Waals surface area contributed by atoms with Gasteiger partial charge in [-0.15, -0.1) is 0 Å². The molecule has 2 heterocycles. The van der Waals surface area contributed by atoms with Crippen molar-refractivity contribution in [3.63, 3.8) is 0 Å². The summed E-state index contributed by atoms with van der Waals surface area (Å²) >= 11 is 0. The normalized spacial score (nSPS) is 50.9. The van der Waals surface area contributed by atoms with Crippen molar-refractivity contribution >= 4 is 5.97 Å². The molecule has 198 valence electrons. The quantitative estimate of drug-likeness (QED) is 0.611. The van der Waals surface area contributed by atoms with Crippen molar-refractivity contribution in [1.29, 1.82) is 0 Å². The van der Waals surface area contributed by atoms with E-state index in [-0.39, 0.29) is 29.6 Å². The Hall–Kier alpha value is -0.690. The van der Waals surface area contributed by atoms with Crippen LogP contribution in [-0.4, -0.2) is 84.6 Å². The molecule has 35 heavy (non-hydrogen) atoms. The van der Waals surface area contributed by atoms with Crippen molar-refractivity contribution < 1.29 is 19.4 Å². The Bertz CT molecular complexity index is 796. The van der Waals surface area contributed by atoms with Crippen LogP contribution in [0.5, 0.6) is 0 Å². The molecule has 4 aliphatic carbocycles. The summed E-state index contributed by atoms with van der Waals surface area (Å²) in [6, 6.07) is 0.678. The number of fused-ring (bicyclic) bond motifs is 5. The largest absolute Gasteiger partial charge is 0.460 e. The first-order valence-corrected chi connectivity index (χ1v) is 14.7. The van der Waals surface area contributed by atoms with Crippen LogP contribution in [0.3, 0.4) is 0 Å². The number of likely N-dealkylation sites (tertiary alicyclic amines) is 1. The van der Waals surface area contributed by atoms with Gasteiger partial charge in [0.05, 0.1) is 19.3 Å². The fourth-order valence-corrected chi connectivity index (χ4v) is 10.3. The zero-order valence-corrected chi connectivity index (χ0v) is 22.3. The maximum Gasteiger partial charge on any atom is 0.302 e. The van der Waals surface area contributed by atoms with E-state index in [9.17, 15) is 9.90 Å². The summed E-state index contributed by atoms with van der Waals surface area (Å²) in [7, 11) is 0. The number of carbonyl (C=O) groups excluding carboxylic acids is 1. The Kier molecular flexibility index (Phi) is 6.51. The van der Waals surface area contributed by atoms with Crippen LogP contribution in [0.1, 0.15) is 78.6 Å². The van der Waals surface area contributed by atoms with Gasteiger partial charge >= 0.3 is 5.97 Å². The monoisotopic (exact) mass is 488 g/mol. The van der Waals surface area contributed by atoms with Crippen LogP contribution in [0.2, 0.25) is 0 Å². The van der Waals surface area contributed by atoms with Gasteiger partial charge in [0, 0.05) is 37.5 Å². The minimum atomic E-state index is -0.198. The van der Waals surface area contributed by atoms with E-state index in [0.29, 0.717) is 23.3 Å². The number of hydrogen-bond acceptors (Lipinski definition) is 6. The highest BCUT2D eigenvalue weighted by atomic mass is 16.5. The van der Waals surface area contributed by atoms with Crippen LogP contribution >= 0.6 is 0 Å². The Labute approximate surface area is 212 Å². The number of ether oxygens (including phenoxy) is 2. The number of nitrogens with zero attached hydrogens (tertiary/aromatic N) is 2. The summed E-state index contributed by atoms with van der Waals surface area (Å²) in [6.07, 6.45) is 10.7. The molecule has 0 aromatic heterocycles. The highest BCUT2D eigenvalue weighted by molar-refractivity contribution is 5.66. The summed E-state index contributed by atoms with van der Waals surface area (Å²) in [6.45, 7) is 12.5. The predicted molar refractivity (Wildman–Crippen MR) is 135 cm³/mol. The maximum atomic E-state index is 12.2. The molecule has 0 aromatic carbocycles. The number of hydrogen-bond donors (Lipinski definition) is 1. The van der Waals surface area contributed by atoms with Gasteiger partial charge in [-0.05, 0) is 100.0 Å². The third-order valence-corrected chi connectivity index (χ3v) is 12.0. The average Bonchev–Trinajstić information content (AvgIpc) is 3.46. The molecule has 6 fully saturated rings. The van der Waals surface area contributed by atoms with E-state index in [4.69, 9.17) is 9.47 Å². The van der Waals surface area contributed by atoms with Gasteiger partial charge in [0.25, 0.3) is 0 Å². The second-order valence-corrected chi connectivity index (χ2v) is 13.5. The fourth-order valence-electron chi connectivity index (χ4n) is 10.3. The zero-order chi connectivity index (χ0) is 24.4. The molecule has 6 nitrogen and oxygen atoms in total. The van der Waals surface area contributed by atoms with Crippen molar-refractivity contribution in [2.24, 2.45) is 34.5 Å². The van der Waals surface area contributed by atoms with Gasteiger partial charge in [0.1, 0.15) is 6.10 Å². The Balaban J connectivity index is 1.27. The van der Waals surface area contributed by atoms with Crippen LogP contribution in [0.25, 0.3) is 0 Å². The van der Waals surface area contributed by atoms with Gasteiger partial charge in [0.15, 0.2) is 0 Å². The number of esters is 1. The van der Waals surface area contributed by atoms with Crippen molar-refractivity contribution in [1.82, 2.24) is 9.80 Å². The number of aliphatic hydroxyl groups is 1. The molecule has 4 saturated carbocycles. The molecule has 2 saturated heterocycles. The van der Waals surface area contributed by atoms with Gasteiger partial charge in [-0.3, -0.25) is 14.6 Å². The second kappa shape index (κ2) is 9.25. The molecule has 5 unspecified atom stereocenters. The van der Waals surface area contributed by atoms with Gasteiger partial charge in [-0.2, -0.15) is 0 Å². The van der Waals surface area contributed by atoms with Gasteiger partial charge in [0.2, 0.25) is 0 Å². The lowest BCUT2D eigenvalue weighted by molar-refractivity contribution is -0.172.